The molecular weight excluding hydrogens is 375 g/mol. The standard InChI is InChI=1S/C20H25AsN2O2/c1-13-19(14-8-10-23(13)11-9-14)22-20(24)18-7-6-17(25-18)15-4-3-5-16(12-15)21-2/h3-7,12-14,19,21H,8-11H2,1-2H3,(H,22,24)/t13-,19-/m0/s1. The number of carbonyl (C=O) groups is 1. The first-order valence-electron chi connectivity index (χ1n) is 9.08. The van der Waals surface area contributed by atoms with Crippen molar-refractivity contribution in [3.63, 3.8) is 0 Å². The molecule has 3 saturated heterocycles. The van der Waals surface area contributed by atoms with Crippen molar-refractivity contribution in [1.29, 1.82) is 0 Å². The molecule has 2 aromatic rings. The molecule has 1 aromatic carbocycles. The zero-order valence-corrected chi connectivity index (χ0v) is 16.9. The van der Waals surface area contributed by atoms with E-state index in [1.54, 1.807) is 6.07 Å². The van der Waals surface area contributed by atoms with E-state index in [-0.39, 0.29) is 27.7 Å². The summed E-state index contributed by atoms with van der Waals surface area (Å²) in [5.74, 6) is 1.70. The maximum atomic E-state index is 12.7. The number of hydrogen-bond donors (Lipinski definition) is 1. The Balaban J connectivity index is 1.49. The van der Waals surface area contributed by atoms with Gasteiger partial charge in [-0.15, -0.1) is 0 Å². The molecule has 1 aromatic heterocycles. The minimum absolute atomic E-state index is 0.0796. The Hall–Kier alpha value is -1.51. The zero-order chi connectivity index (χ0) is 17.4. The van der Waals surface area contributed by atoms with Crippen LogP contribution in [0.5, 0.6) is 0 Å². The van der Waals surface area contributed by atoms with Gasteiger partial charge in [-0.3, -0.25) is 0 Å². The topological polar surface area (TPSA) is 45.5 Å². The first-order valence-corrected chi connectivity index (χ1v) is 12.2. The van der Waals surface area contributed by atoms with E-state index in [0.29, 0.717) is 17.7 Å². The van der Waals surface area contributed by atoms with Gasteiger partial charge >= 0.3 is 155 Å². The van der Waals surface area contributed by atoms with Crippen molar-refractivity contribution in [2.45, 2.75) is 37.6 Å². The van der Waals surface area contributed by atoms with Crippen LogP contribution in [0.25, 0.3) is 11.3 Å². The van der Waals surface area contributed by atoms with Crippen molar-refractivity contribution < 1.29 is 9.21 Å². The van der Waals surface area contributed by atoms with Gasteiger partial charge in [0.25, 0.3) is 0 Å². The number of nitrogens with zero attached hydrogens (tertiary/aromatic N) is 1. The molecule has 3 atom stereocenters. The molecule has 1 unspecified atom stereocenters. The van der Waals surface area contributed by atoms with Gasteiger partial charge < -0.3 is 0 Å². The summed E-state index contributed by atoms with van der Waals surface area (Å²) in [7, 11) is 0. The normalized spacial score (nSPS) is 28.6. The fourth-order valence-electron chi connectivity index (χ4n) is 4.21. The molecule has 0 saturated carbocycles. The van der Waals surface area contributed by atoms with Crippen LogP contribution < -0.4 is 9.67 Å². The van der Waals surface area contributed by atoms with Crippen LogP contribution in [0.4, 0.5) is 0 Å². The fraction of sp³-hybridized carbons (Fsp3) is 0.450. The monoisotopic (exact) mass is 400 g/mol. The first kappa shape index (κ1) is 16.9. The number of amides is 1. The van der Waals surface area contributed by atoms with Gasteiger partial charge in [-0.2, -0.15) is 0 Å². The molecule has 4 nitrogen and oxygen atoms in total. The summed E-state index contributed by atoms with van der Waals surface area (Å²) in [6.45, 7) is 4.56. The summed E-state index contributed by atoms with van der Waals surface area (Å²) in [5.41, 5.74) is 3.31. The van der Waals surface area contributed by atoms with Gasteiger partial charge in [-0.05, 0) is 0 Å². The van der Waals surface area contributed by atoms with Crippen LogP contribution in [0.1, 0.15) is 30.3 Å². The van der Waals surface area contributed by atoms with E-state index >= 15 is 0 Å². The van der Waals surface area contributed by atoms with Gasteiger partial charge in [0.05, 0.1) is 0 Å². The molecule has 4 heterocycles. The Bertz CT molecular complexity index is 763. The molecule has 3 aliphatic heterocycles. The number of piperidine rings is 3. The van der Waals surface area contributed by atoms with Gasteiger partial charge in [0.1, 0.15) is 0 Å². The van der Waals surface area contributed by atoms with Crippen LogP contribution >= 0.6 is 0 Å². The second kappa shape index (κ2) is 7.01. The van der Waals surface area contributed by atoms with E-state index in [1.165, 1.54) is 30.3 Å². The number of hydrogen-bond acceptors (Lipinski definition) is 3. The van der Waals surface area contributed by atoms with Crippen molar-refractivity contribution in [2.75, 3.05) is 13.1 Å². The van der Waals surface area contributed by atoms with Gasteiger partial charge in [0.2, 0.25) is 0 Å². The Labute approximate surface area is 155 Å². The fourth-order valence-corrected chi connectivity index (χ4v) is 5.39. The summed E-state index contributed by atoms with van der Waals surface area (Å²) in [4.78, 5) is 15.2. The maximum absolute atomic E-state index is 12.7. The Morgan fingerprint density at radius 3 is 2.76 bits per heavy atom. The summed E-state index contributed by atoms with van der Waals surface area (Å²) < 4.78 is 7.27. The molecule has 25 heavy (non-hydrogen) atoms. The number of carbonyl (C=O) groups excluding carboxylic acids is 1. The van der Waals surface area contributed by atoms with Crippen LogP contribution in [0.2, 0.25) is 5.71 Å². The van der Waals surface area contributed by atoms with Gasteiger partial charge in [0, 0.05) is 0 Å². The van der Waals surface area contributed by atoms with Crippen LogP contribution in [-0.2, 0) is 0 Å². The quantitative estimate of drug-likeness (QED) is 0.801. The van der Waals surface area contributed by atoms with Gasteiger partial charge in [-0.25, -0.2) is 0 Å². The molecule has 132 valence electrons. The SMILES string of the molecule is C[AsH]c1cccc(-c2ccc(C(=O)N[C@@H]3C4CCN(CC4)[C@H]3C)o2)c1. The molecular formula is C20H25AsN2O2. The van der Waals surface area contributed by atoms with Gasteiger partial charge in [-0.1, -0.05) is 0 Å². The molecule has 3 aliphatic rings. The number of fused-ring (bicyclic) bond motifs is 3. The predicted octanol–water partition coefficient (Wildman–Crippen LogP) is 2.27. The Kier molecular flexibility index (Phi) is 4.75. The summed E-state index contributed by atoms with van der Waals surface area (Å²) >= 11 is -0.0796. The van der Waals surface area contributed by atoms with E-state index in [1.807, 2.05) is 12.1 Å². The van der Waals surface area contributed by atoms with E-state index < -0.39 is 0 Å². The molecule has 0 aliphatic carbocycles. The second-order valence-electron chi connectivity index (χ2n) is 7.11. The van der Waals surface area contributed by atoms with Crippen molar-refractivity contribution in [1.82, 2.24) is 10.2 Å². The number of rotatable bonds is 4. The third kappa shape index (κ3) is 3.30. The molecule has 3 fully saturated rings. The van der Waals surface area contributed by atoms with Crippen molar-refractivity contribution in [3.8, 4) is 11.3 Å². The van der Waals surface area contributed by atoms with Crippen LogP contribution in [0, 0.1) is 5.92 Å². The van der Waals surface area contributed by atoms with E-state index in [4.69, 9.17) is 4.42 Å². The van der Waals surface area contributed by atoms with Crippen molar-refractivity contribution in [2.24, 2.45) is 5.92 Å². The molecule has 1 N–H and O–H groups in total. The third-order valence-electron chi connectivity index (χ3n) is 5.74. The van der Waals surface area contributed by atoms with Crippen LogP contribution in [-0.4, -0.2) is 51.7 Å². The van der Waals surface area contributed by atoms with E-state index in [2.05, 4.69) is 41.1 Å². The Morgan fingerprint density at radius 1 is 1.24 bits per heavy atom. The average Bonchev–Trinajstić information content (AvgIpc) is 3.15. The number of furan rings is 1. The summed E-state index contributed by atoms with van der Waals surface area (Å²) in [5, 5.41) is 3.24. The minimum atomic E-state index is -0.0862. The molecule has 2 bridgehead atoms. The molecule has 0 spiro atoms. The first-order chi connectivity index (χ1) is 12.2. The predicted molar refractivity (Wildman–Crippen MR) is 102 cm³/mol. The summed E-state index contributed by atoms with van der Waals surface area (Å²) in [6.07, 6.45) is 2.37. The average molecular weight is 400 g/mol. The van der Waals surface area contributed by atoms with Crippen molar-refractivity contribution in [3.05, 3.63) is 42.2 Å². The molecule has 5 rings (SSSR count). The number of nitrogens with one attached hydrogen (secondary N) is 1. The molecule has 1 amide bonds. The second-order valence-corrected chi connectivity index (χ2v) is 9.37. The van der Waals surface area contributed by atoms with Gasteiger partial charge in [0.15, 0.2) is 0 Å². The third-order valence-corrected chi connectivity index (χ3v) is 7.60. The summed E-state index contributed by atoms with van der Waals surface area (Å²) in [6, 6.07) is 12.8. The van der Waals surface area contributed by atoms with E-state index in [9.17, 15) is 4.79 Å². The zero-order valence-electron chi connectivity index (χ0n) is 14.8. The van der Waals surface area contributed by atoms with Crippen LogP contribution in [0.3, 0.4) is 0 Å². The van der Waals surface area contributed by atoms with E-state index in [0.717, 1.165) is 11.3 Å². The van der Waals surface area contributed by atoms with Crippen molar-refractivity contribution >= 4 is 26.0 Å². The Morgan fingerprint density at radius 2 is 2.04 bits per heavy atom. The molecule has 0 radical (unpaired) electrons. The van der Waals surface area contributed by atoms with Crippen LogP contribution in [0.15, 0.2) is 40.8 Å². The molecule has 5 heteroatoms. The number of benzene rings is 1.